The molecule has 0 radical (unpaired) electrons. The molecule has 3 heteroatoms. The largest absolute Gasteiger partial charge is 0.294 e. The minimum atomic E-state index is -0.205. The third-order valence-corrected chi connectivity index (χ3v) is 5.51. The Labute approximate surface area is 169 Å². The maximum Gasteiger partial charge on any atom is 0.194 e. The first-order valence-corrected chi connectivity index (χ1v) is 9.50. The van der Waals surface area contributed by atoms with Crippen molar-refractivity contribution in [3.8, 4) is 0 Å². The molecule has 3 aromatic carbocycles. The van der Waals surface area contributed by atoms with Crippen molar-refractivity contribution >= 4 is 23.4 Å². The van der Waals surface area contributed by atoms with Gasteiger partial charge in [0.1, 0.15) is 0 Å². The van der Waals surface area contributed by atoms with Crippen molar-refractivity contribution in [2.45, 2.75) is 20.3 Å². The van der Waals surface area contributed by atoms with Crippen molar-refractivity contribution in [3.63, 3.8) is 0 Å². The van der Waals surface area contributed by atoms with Crippen LogP contribution in [0.2, 0.25) is 0 Å². The minimum absolute atomic E-state index is 0.115. The van der Waals surface area contributed by atoms with E-state index in [1.807, 2.05) is 31.2 Å². The summed E-state index contributed by atoms with van der Waals surface area (Å²) in [5.74, 6) is -0.495. The number of rotatable bonds is 4. The van der Waals surface area contributed by atoms with Gasteiger partial charge in [-0.15, -0.1) is 0 Å². The van der Waals surface area contributed by atoms with Gasteiger partial charge in [0.25, 0.3) is 0 Å². The summed E-state index contributed by atoms with van der Waals surface area (Å²) in [7, 11) is 0. The molecule has 0 N–H and O–H groups in total. The van der Waals surface area contributed by atoms with Gasteiger partial charge in [-0.25, -0.2) is 0 Å². The van der Waals surface area contributed by atoms with E-state index in [9.17, 15) is 14.4 Å². The lowest BCUT2D eigenvalue weighted by Crippen LogP contribution is -2.25. The molecule has 3 nitrogen and oxygen atoms in total. The summed E-state index contributed by atoms with van der Waals surface area (Å²) in [6.07, 6.45) is 2.13. The Morgan fingerprint density at radius 3 is 2.21 bits per heavy atom. The second-order valence-electron chi connectivity index (χ2n) is 7.31. The molecule has 4 rings (SSSR count). The van der Waals surface area contributed by atoms with Gasteiger partial charge in [0.05, 0.1) is 0 Å². The average molecular weight is 380 g/mol. The average Bonchev–Trinajstić information content (AvgIpc) is 2.71. The SMILES string of the molecule is C=Cc1ccccc1Cc1c(C(C)=O)c(C)cc2c1C(=O)c1ccccc1C2=O. The molecule has 3 aromatic rings. The number of carbonyl (C=O) groups is 3. The van der Waals surface area contributed by atoms with E-state index >= 15 is 0 Å². The third kappa shape index (κ3) is 2.95. The van der Waals surface area contributed by atoms with E-state index in [1.165, 1.54) is 6.92 Å². The van der Waals surface area contributed by atoms with Crippen LogP contribution in [0, 0.1) is 6.92 Å². The van der Waals surface area contributed by atoms with Gasteiger partial charge < -0.3 is 0 Å². The molecule has 0 heterocycles. The zero-order valence-corrected chi connectivity index (χ0v) is 16.4. The predicted molar refractivity (Wildman–Crippen MR) is 114 cm³/mol. The summed E-state index contributed by atoms with van der Waals surface area (Å²) in [5, 5.41) is 0. The van der Waals surface area contributed by atoms with E-state index in [0.29, 0.717) is 45.4 Å². The lowest BCUT2D eigenvalue weighted by atomic mass is 9.77. The quantitative estimate of drug-likeness (QED) is 0.457. The lowest BCUT2D eigenvalue weighted by Gasteiger charge is -2.24. The Balaban J connectivity index is 2.03. The Kier molecular flexibility index (Phi) is 4.59. The van der Waals surface area contributed by atoms with Crippen LogP contribution in [0.1, 0.15) is 71.4 Å². The maximum absolute atomic E-state index is 13.4. The number of fused-ring (bicyclic) bond motifs is 2. The summed E-state index contributed by atoms with van der Waals surface area (Å²) in [6, 6.07) is 16.3. The van der Waals surface area contributed by atoms with E-state index in [2.05, 4.69) is 6.58 Å². The molecule has 0 fully saturated rings. The molecular formula is C26H20O3. The number of carbonyl (C=O) groups excluding carboxylic acids is 3. The number of ketones is 3. The molecule has 1 aliphatic carbocycles. The van der Waals surface area contributed by atoms with E-state index in [0.717, 1.165) is 11.1 Å². The topological polar surface area (TPSA) is 51.2 Å². The number of benzene rings is 3. The first-order chi connectivity index (χ1) is 13.9. The van der Waals surface area contributed by atoms with Crippen LogP contribution in [-0.4, -0.2) is 17.3 Å². The van der Waals surface area contributed by atoms with Crippen LogP contribution in [0.25, 0.3) is 6.08 Å². The first kappa shape index (κ1) is 18.8. The zero-order valence-electron chi connectivity index (χ0n) is 16.4. The van der Waals surface area contributed by atoms with Gasteiger partial charge >= 0.3 is 0 Å². The highest BCUT2D eigenvalue weighted by molar-refractivity contribution is 6.29. The molecule has 0 atom stereocenters. The van der Waals surface area contributed by atoms with Crippen LogP contribution in [0.4, 0.5) is 0 Å². The van der Waals surface area contributed by atoms with Gasteiger partial charge in [-0.2, -0.15) is 0 Å². The Morgan fingerprint density at radius 2 is 1.55 bits per heavy atom. The molecule has 0 spiro atoms. The number of hydrogen-bond donors (Lipinski definition) is 0. The van der Waals surface area contributed by atoms with E-state index < -0.39 is 0 Å². The Hall–Kier alpha value is -3.59. The van der Waals surface area contributed by atoms with E-state index in [4.69, 9.17) is 0 Å². The van der Waals surface area contributed by atoms with Crippen LogP contribution >= 0.6 is 0 Å². The van der Waals surface area contributed by atoms with Crippen LogP contribution < -0.4 is 0 Å². The molecule has 0 bridgehead atoms. The molecular weight excluding hydrogens is 360 g/mol. The van der Waals surface area contributed by atoms with Crippen molar-refractivity contribution in [1.82, 2.24) is 0 Å². The van der Waals surface area contributed by atoms with Gasteiger partial charge in [-0.1, -0.05) is 61.2 Å². The van der Waals surface area contributed by atoms with E-state index in [1.54, 1.807) is 36.4 Å². The van der Waals surface area contributed by atoms with Crippen molar-refractivity contribution in [2.75, 3.05) is 0 Å². The van der Waals surface area contributed by atoms with Crippen molar-refractivity contribution in [1.29, 1.82) is 0 Å². The van der Waals surface area contributed by atoms with Crippen LogP contribution in [0.5, 0.6) is 0 Å². The molecule has 29 heavy (non-hydrogen) atoms. The minimum Gasteiger partial charge on any atom is -0.294 e. The number of hydrogen-bond acceptors (Lipinski definition) is 3. The normalized spacial score (nSPS) is 12.3. The highest BCUT2D eigenvalue weighted by Crippen LogP contribution is 2.34. The maximum atomic E-state index is 13.4. The molecule has 0 unspecified atom stereocenters. The molecule has 0 saturated heterocycles. The van der Waals surface area contributed by atoms with Crippen LogP contribution in [0.3, 0.4) is 0 Å². The first-order valence-electron chi connectivity index (χ1n) is 9.50. The van der Waals surface area contributed by atoms with Crippen molar-refractivity contribution in [2.24, 2.45) is 0 Å². The fourth-order valence-electron chi connectivity index (χ4n) is 4.24. The van der Waals surface area contributed by atoms with E-state index in [-0.39, 0.29) is 17.3 Å². The van der Waals surface area contributed by atoms with Crippen molar-refractivity contribution in [3.05, 3.63) is 111 Å². The fourth-order valence-corrected chi connectivity index (χ4v) is 4.24. The Morgan fingerprint density at radius 1 is 0.931 bits per heavy atom. The molecule has 0 amide bonds. The predicted octanol–water partition coefficient (Wildman–Crippen LogP) is 5.21. The fraction of sp³-hybridized carbons (Fsp3) is 0.115. The van der Waals surface area contributed by atoms with Gasteiger partial charge in [0, 0.05) is 27.8 Å². The molecule has 0 aliphatic heterocycles. The summed E-state index contributed by atoms with van der Waals surface area (Å²) in [4.78, 5) is 39.1. The van der Waals surface area contributed by atoms with Gasteiger partial charge in [-0.3, -0.25) is 14.4 Å². The van der Waals surface area contributed by atoms with Crippen molar-refractivity contribution < 1.29 is 14.4 Å². The smallest absolute Gasteiger partial charge is 0.194 e. The monoisotopic (exact) mass is 380 g/mol. The third-order valence-electron chi connectivity index (χ3n) is 5.51. The van der Waals surface area contributed by atoms with Crippen LogP contribution in [-0.2, 0) is 6.42 Å². The summed E-state index contributed by atoms with van der Waals surface area (Å²) in [5.41, 5.74) is 5.27. The zero-order chi connectivity index (χ0) is 20.7. The van der Waals surface area contributed by atoms with Gasteiger partial charge in [-0.05, 0) is 48.6 Å². The number of aryl methyl sites for hydroxylation is 1. The van der Waals surface area contributed by atoms with Gasteiger partial charge in [0.2, 0.25) is 0 Å². The standard InChI is InChI=1S/C26H20O3/c1-4-17-9-5-6-10-18(17)14-21-23(16(3)27)15(2)13-22-24(21)26(29)20-12-8-7-11-19(20)25(22)28/h4-13H,1,14H2,2-3H3. The molecule has 1 aliphatic rings. The summed E-state index contributed by atoms with van der Waals surface area (Å²) < 4.78 is 0. The van der Waals surface area contributed by atoms with Gasteiger partial charge in [0.15, 0.2) is 17.3 Å². The summed E-state index contributed by atoms with van der Waals surface area (Å²) >= 11 is 0. The molecule has 142 valence electrons. The molecule has 0 saturated carbocycles. The lowest BCUT2D eigenvalue weighted by molar-refractivity contribution is 0.0976. The van der Waals surface area contributed by atoms with Crippen LogP contribution in [0.15, 0.2) is 61.2 Å². The Bertz CT molecular complexity index is 1210. The molecule has 0 aromatic heterocycles. The summed E-state index contributed by atoms with van der Waals surface area (Å²) in [6.45, 7) is 7.18. The highest BCUT2D eigenvalue weighted by atomic mass is 16.1. The highest BCUT2D eigenvalue weighted by Gasteiger charge is 2.34. The second-order valence-corrected chi connectivity index (χ2v) is 7.31. The second kappa shape index (κ2) is 7.10. The number of Topliss-reactive ketones (excluding diaryl/α,β-unsaturated/α-hetero) is 1.